The molecular formula is C26H22FN5O3S2. The van der Waals surface area contributed by atoms with Crippen LogP contribution in [0.5, 0.6) is 0 Å². The van der Waals surface area contributed by atoms with E-state index < -0.39 is 21.7 Å². The fraction of sp³-hybridized carbons (Fsp3) is 0.115. The van der Waals surface area contributed by atoms with Crippen LogP contribution in [0.4, 0.5) is 15.9 Å². The number of halogens is 1. The van der Waals surface area contributed by atoms with Crippen molar-refractivity contribution in [3.63, 3.8) is 0 Å². The number of aromatic nitrogens is 3. The molecule has 37 heavy (non-hydrogen) atoms. The number of amides is 1. The Morgan fingerprint density at radius 2 is 1.78 bits per heavy atom. The molecular weight excluding hydrogens is 513 g/mol. The van der Waals surface area contributed by atoms with E-state index in [1.807, 2.05) is 6.07 Å². The Morgan fingerprint density at radius 3 is 2.46 bits per heavy atom. The van der Waals surface area contributed by atoms with E-state index in [1.165, 1.54) is 50.7 Å². The van der Waals surface area contributed by atoms with Gasteiger partial charge in [0.25, 0.3) is 15.9 Å². The molecule has 3 aromatic carbocycles. The molecule has 1 N–H and O–H groups in total. The quantitative estimate of drug-likeness (QED) is 0.301. The highest BCUT2D eigenvalue weighted by molar-refractivity contribution is 7.92. The lowest BCUT2D eigenvalue weighted by molar-refractivity contribution is 0.102. The Kier molecular flexibility index (Phi) is 6.48. The molecule has 5 aromatic rings. The van der Waals surface area contributed by atoms with Crippen molar-refractivity contribution in [3.8, 4) is 5.13 Å². The first-order valence-corrected chi connectivity index (χ1v) is 13.6. The van der Waals surface area contributed by atoms with E-state index >= 15 is 0 Å². The minimum atomic E-state index is -3.81. The molecule has 0 bridgehead atoms. The maximum absolute atomic E-state index is 14.1. The van der Waals surface area contributed by atoms with Crippen molar-refractivity contribution in [2.45, 2.75) is 18.7 Å². The number of hydrogen-bond donors (Lipinski definition) is 1. The third kappa shape index (κ3) is 4.70. The molecule has 0 fully saturated rings. The zero-order valence-electron chi connectivity index (χ0n) is 19.9. The van der Waals surface area contributed by atoms with E-state index in [0.717, 1.165) is 0 Å². The van der Waals surface area contributed by atoms with Crippen molar-refractivity contribution >= 4 is 49.0 Å². The minimum absolute atomic E-state index is 0.0761. The standard InChI is InChI=1S/C26H22FN5O3S2/c1-3-31(19-8-5-4-6-9-19)37(34,35)20-14-12-18(13-15-20)25(33)28-23-16-17(2)30-32(23)26-29-24-21(27)10-7-11-22(24)36-26/h4-16H,3H2,1-2H3,(H,28,33). The van der Waals surface area contributed by atoms with Gasteiger partial charge in [0.2, 0.25) is 5.13 Å². The Bertz CT molecular complexity index is 1700. The van der Waals surface area contributed by atoms with Crippen LogP contribution in [-0.2, 0) is 10.0 Å². The molecule has 0 saturated carbocycles. The summed E-state index contributed by atoms with van der Waals surface area (Å²) < 4.78 is 44.0. The van der Waals surface area contributed by atoms with Crippen molar-refractivity contribution in [3.05, 3.63) is 95.9 Å². The Balaban J connectivity index is 1.39. The van der Waals surface area contributed by atoms with Crippen LogP contribution in [-0.4, -0.2) is 35.6 Å². The number of rotatable bonds is 7. The summed E-state index contributed by atoms with van der Waals surface area (Å²) in [6, 6.07) is 21.0. The summed E-state index contributed by atoms with van der Waals surface area (Å²) in [5.74, 6) is -0.522. The number of sulfonamides is 1. The second-order valence-corrected chi connectivity index (χ2v) is 11.0. The molecule has 188 valence electrons. The summed E-state index contributed by atoms with van der Waals surface area (Å²) in [5.41, 5.74) is 1.70. The van der Waals surface area contributed by atoms with E-state index in [0.29, 0.717) is 27.0 Å². The summed E-state index contributed by atoms with van der Waals surface area (Å²) in [7, 11) is -3.81. The van der Waals surface area contributed by atoms with Gasteiger partial charge < -0.3 is 5.32 Å². The summed E-state index contributed by atoms with van der Waals surface area (Å²) in [4.78, 5) is 17.4. The van der Waals surface area contributed by atoms with Gasteiger partial charge in [-0.25, -0.2) is 17.8 Å². The molecule has 0 spiro atoms. The van der Waals surface area contributed by atoms with Gasteiger partial charge in [0.05, 0.1) is 21.0 Å². The fourth-order valence-electron chi connectivity index (χ4n) is 3.91. The second kappa shape index (κ2) is 9.75. The minimum Gasteiger partial charge on any atom is -0.306 e. The largest absolute Gasteiger partial charge is 0.306 e. The van der Waals surface area contributed by atoms with Crippen molar-refractivity contribution in [2.75, 3.05) is 16.2 Å². The number of thiazole rings is 1. The van der Waals surface area contributed by atoms with Gasteiger partial charge >= 0.3 is 0 Å². The number of carbonyl (C=O) groups excluding carboxylic acids is 1. The van der Waals surface area contributed by atoms with Gasteiger partial charge in [-0.1, -0.05) is 35.6 Å². The second-order valence-electron chi connectivity index (χ2n) is 8.15. The number of hydrogen-bond acceptors (Lipinski definition) is 6. The highest BCUT2D eigenvalue weighted by atomic mass is 32.2. The number of benzene rings is 3. The van der Waals surface area contributed by atoms with Crippen molar-refractivity contribution < 1.29 is 17.6 Å². The molecule has 2 aromatic heterocycles. The Hall–Kier alpha value is -4.09. The number of nitrogens with zero attached hydrogens (tertiary/aromatic N) is 4. The fourth-order valence-corrected chi connectivity index (χ4v) is 6.33. The summed E-state index contributed by atoms with van der Waals surface area (Å²) in [6.45, 7) is 3.79. The van der Waals surface area contributed by atoms with Crippen LogP contribution < -0.4 is 9.62 Å². The smallest absolute Gasteiger partial charge is 0.264 e. The Labute approximate surface area is 217 Å². The number of para-hydroxylation sites is 2. The number of fused-ring (bicyclic) bond motifs is 1. The van der Waals surface area contributed by atoms with Crippen LogP contribution in [0.1, 0.15) is 23.0 Å². The lowest BCUT2D eigenvalue weighted by atomic mass is 10.2. The molecule has 5 rings (SSSR count). The van der Waals surface area contributed by atoms with Gasteiger partial charge in [0, 0.05) is 18.2 Å². The first-order valence-electron chi connectivity index (χ1n) is 11.4. The molecule has 0 atom stereocenters. The molecule has 0 aliphatic carbocycles. The zero-order chi connectivity index (χ0) is 26.2. The number of carbonyl (C=O) groups is 1. The maximum atomic E-state index is 14.1. The third-order valence-electron chi connectivity index (χ3n) is 5.65. The monoisotopic (exact) mass is 535 g/mol. The van der Waals surface area contributed by atoms with Crippen LogP contribution in [0.15, 0.2) is 83.8 Å². The molecule has 1 amide bonds. The van der Waals surface area contributed by atoms with Crippen molar-refractivity contribution in [1.82, 2.24) is 14.8 Å². The van der Waals surface area contributed by atoms with Gasteiger partial charge in [-0.15, -0.1) is 0 Å². The van der Waals surface area contributed by atoms with Crippen molar-refractivity contribution in [1.29, 1.82) is 0 Å². The van der Waals surface area contributed by atoms with Gasteiger partial charge in [0.1, 0.15) is 17.2 Å². The molecule has 0 aliphatic rings. The summed E-state index contributed by atoms with van der Waals surface area (Å²) in [5, 5.41) is 7.60. The first kappa shape index (κ1) is 24.6. The van der Waals surface area contributed by atoms with E-state index in [4.69, 9.17) is 0 Å². The van der Waals surface area contributed by atoms with Crippen LogP contribution in [0.3, 0.4) is 0 Å². The number of anilines is 2. The normalized spacial score (nSPS) is 11.5. The molecule has 0 saturated heterocycles. The molecule has 0 aliphatic heterocycles. The predicted molar refractivity (Wildman–Crippen MR) is 142 cm³/mol. The zero-order valence-corrected chi connectivity index (χ0v) is 21.6. The lowest BCUT2D eigenvalue weighted by Crippen LogP contribution is -2.30. The van der Waals surface area contributed by atoms with Crippen molar-refractivity contribution in [2.24, 2.45) is 0 Å². The van der Waals surface area contributed by atoms with Crippen LogP contribution in [0.25, 0.3) is 15.3 Å². The topological polar surface area (TPSA) is 97.2 Å². The third-order valence-corrected chi connectivity index (χ3v) is 8.56. The lowest BCUT2D eigenvalue weighted by Gasteiger charge is -2.23. The van der Waals surface area contributed by atoms with Gasteiger partial charge in [-0.3, -0.25) is 9.10 Å². The molecule has 0 unspecified atom stereocenters. The van der Waals surface area contributed by atoms with Crippen LogP contribution in [0, 0.1) is 12.7 Å². The number of aryl methyl sites for hydroxylation is 1. The molecule has 0 radical (unpaired) electrons. The predicted octanol–water partition coefficient (Wildman–Crippen LogP) is 5.40. The van der Waals surface area contributed by atoms with E-state index in [9.17, 15) is 17.6 Å². The van der Waals surface area contributed by atoms with E-state index in [1.54, 1.807) is 56.3 Å². The SMILES string of the molecule is CCN(c1ccccc1)S(=O)(=O)c1ccc(C(=O)Nc2cc(C)nn2-c2nc3c(F)cccc3s2)cc1. The number of nitrogens with one attached hydrogen (secondary N) is 1. The van der Waals surface area contributed by atoms with E-state index in [2.05, 4.69) is 15.4 Å². The molecule has 8 nitrogen and oxygen atoms in total. The van der Waals surface area contributed by atoms with Gasteiger partial charge in [0.15, 0.2) is 0 Å². The molecule has 2 heterocycles. The maximum Gasteiger partial charge on any atom is 0.264 e. The van der Waals surface area contributed by atoms with Crippen LogP contribution in [0.2, 0.25) is 0 Å². The van der Waals surface area contributed by atoms with Gasteiger partial charge in [-0.2, -0.15) is 9.78 Å². The highest BCUT2D eigenvalue weighted by Crippen LogP contribution is 2.29. The average molecular weight is 536 g/mol. The van der Waals surface area contributed by atoms with Crippen LogP contribution >= 0.6 is 11.3 Å². The summed E-state index contributed by atoms with van der Waals surface area (Å²) >= 11 is 1.25. The highest BCUT2D eigenvalue weighted by Gasteiger charge is 2.24. The first-order chi connectivity index (χ1) is 17.8. The Morgan fingerprint density at radius 1 is 1.05 bits per heavy atom. The van der Waals surface area contributed by atoms with E-state index in [-0.39, 0.29) is 22.5 Å². The van der Waals surface area contributed by atoms with Gasteiger partial charge in [-0.05, 0) is 62.4 Å². The summed E-state index contributed by atoms with van der Waals surface area (Å²) in [6.07, 6.45) is 0. The molecule has 11 heteroatoms. The average Bonchev–Trinajstić information content (AvgIpc) is 3.49.